The second kappa shape index (κ2) is 10.3. The SMILES string of the molecule is O=C(O)[C@]1(Cc2nc(Nc3nccs3)ccc2F)CCN(Cc2cccc(Cl)c2F)[C@H](C(F)(F)F)C1. The summed E-state index contributed by atoms with van der Waals surface area (Å²) in [6.07, 6.45) is -4.89. The second-order valence-corrected chi connectivity index (χ2v) is 9.85. The van der Waals surface area contributed by atoms with Gasteiger partial charge in [0.1, 0.15) is 23.5 Å². The fourth-order valence-electron chi connectivity index (χ4n) is 4.34. The molecule has 36 heavy (non-hydrogen) atoms. The molecule has 0 amide bonds. The van der Waals surface area contributed by atoms with E-state index < -0.39 is 54.6 Å². The van der Waals surface area contributed by atoms with Crippen LogP contribution in [0.1, 0.15) is 24.1 Å². The third-order valence-electron chi connectivity index (χ3n) is 6.23. The number of carbonyl (C=O) groups is 1. The number of hydrogen-bond acceptors (Lipinski definition) is 6. The van der Waals surface area contributed by atoms with Gasteiger partial charge in [0.15, 0.2) is 5.13 Å². The predicted molar refractivity (Wildman–Crippen MR) is 124 cm³/mol. The molecule has 1 fully saturated rings. The number of anilines is 2. The van der Waals surface area contributed by atoms with Crippen LogP contribution in [0.5, 0.6) is 0 Å². The summed E-state index contributed by atoms with van der Waals surface area (Å²) in [5.41, 5.74) is -2.24. The molecule has 3 aromatic rings. The summed E-state index contributed by atoms with van der Waals surface area (Å²) in [6, 6.07) is 4.25. The molecule has 192 valence electrons. The van der Waals surface area contributed by atoms with Crippen molar-refractivity contribution in [1.82, 2.24) is 14.9 Å². The first-order valence-electron chi connectivity index (χ1n) is 10.8. The van der Waals surface area contributed by atoms with Crippen LogP contribution < -0.4 is 5.32 Å². The molecule has 0 radical (unpaired) electrons. The molecule has 1 aromatic carbocycles. The largest absolute Gasteiger partial charge is 0.481 e. The zero-order valence-corrected chi connectivity index (χ0v) is 20.1. The number of benzene rings is 1. The Balaban J connectivity index is 1.61. The predicted octanol–water partition coefficient (Wildman–Crippen LogP) is 6.05. The van der Waals surface area contributed by atoms with Crippen LogP contribution >= 0.6 is 22.9 Å². The average Bonchev–Trinajstić information content (AvgIpc) is 3.32. The summed E-state index contributed by atoms with van der Waals surface area (Å²) in [6.45, 7) is -0.715. The van der Waals surface area contributed by atoms with Gasteiger partial charge in [0.25, 0.3) is 0 Å². The maximum absolute atomic E-state index is 14.6. The van der Waals surface area contributed by atoms with Crippen molar-refractivity contribution in [2.45, 2.75) is 38.0 Å². The topological polar surface area (TPSA) is 78.3 Å². The van der Waals surface area contributed by atoms with Crippen molar-refractivity contribution in [2.75, 3.05) is 11.9 Å². The number of alkyl halides is 3. The van der Waals surface area contributed by atoms with Gasteiger partial charge in [-0.1, -0.05) is 23.7 Å². The monoisotopic (exact) mass is 546 g/mol. The van der Waals surface area contributed by atoms with Crippen molar-refractivity contribution in [3.05, 3.63) is 69.8 Å². The van der Waals surface area contributed by atoms with Crippen LogP contribution in [0.3, 0.4) is 0 Å². The highest BCUT2D eigenvalue weighted by Gasteiger charge is 2.54. The summed E-state index contributed by atoms with van der Waals surface area (Å²) in [4.78, 5) is 21.5. The Morgan fingerprint density at radius 1 is 1.28 bits per heavy atom. The first-order valence-corrected chi connectivity index (χ1v) is 12.0. The summed E-state index contributed by atoms with van der Waals surface area (Å²) >= 11 is 7.02. The van der Waals surface area contributed by atoms with Gasteiger partial charge in [0.05, 0.1) is 16.1 Å². The quantitative estimate of drug-likeness (QED) is 0.351. The lowest BCUT2D eigenvalue weighted by Crippen LogP contribution is -2.56. The Morgan fingerprint density at radius 3 is 2.72 bits per heavy atom. The number of nitrogens with one attached hydrogen (secondary N) is 1. The number of halogens is 6. The Morgan fingerprint density at radius 2 is 2.06 bits per heavy atom. The molecule has 4 rings (SSSR count). The Labute approximate surface area is 211 Å². The average molecular weight is 547 g/mol. The van der Waals surface area contributed by atoms with Gasteiger partial charge in [-0.2, -0.15) is 13.2 Å². The summed E-state index contributed by atoms with van der Waals surface area (Å²) in [5.74, 6) is -2.95. The highest BCUT2D eigenvalue weighted by Crippen LogP contribution is 2.44. The van der Waals surface area contributed by atoms with Crippen LogP contribution in [0.15, 0.2) is 41.9 Å². The molecule has 0 unspecified atom stereocenters. The van der Waals surface area contributed by atoms with Crippen LogP contribution in [0.2, 0.25) is 5.02 Å². The number of piperidine rings is 1. The molecular weight excluding hydrogens is 527 g/mol. The molecule has 1 aliphatic heterocycles. The zero-order chi connectivity index (χ0) is 26.1. The lowest BCUT2D eigenvalue weighted by atomic mass is 9.71. The van der Waals surface area contributed by atoms with Gasteiger partial charge in [0, 0.05) is 36.7 Å². The van der Waals surface area contributed by atoms with E-state index in [4.69, 9.17) is 11.6 Å². The van der Waals surface area contributed by atoms with Gasteiger partial charge < -0.3 is 10.4 Å². The van der Waals surface area contributed by atoms with Gasteiger partial charge in [0.2, 0.25) is 0 Å². The highest BCUT2D eigenvalue weighted by atomic mass is 35.5. The second-order valence-electron chi connectivity index (χ2n) is 8.54. The molecule has 6 nitrogen and oxygen atoms in total. The van der Waals surface area contributed by atoms with E-state index in [1.165, 1.54) is 41.8 Å². The van der Waals surface area contributed by atoms with Gasteiger partial charge in [-0.3, -0.25) is 9.69 Å². The van der Waals surface area contributed by atoms with Crippen LogP contribution in [-0.2, 0) is 17.8 Å². The normalized spacial score (nSPS) is 20.9. The lowest BCUT2D eigenvalue weighted by Gasteiger charge is -2.45. The minimum atomic E-state index is -4.81. The molecular formula is C23H20ClF5N4O2S. The fraction of sp³-hybridized carbons (Fsp3) is 0.348. The highest BCUT2D eigenvalue weighted by molar-refractivity contribution is 7.13. The number of hydrogen-bond donors (Lipinski definition) is 2. The van der Waals surface area contributed by atoms with Crippen LogP contribution in [0.25, 0.3) is 0 Å². The van der Waals surface area contributed by atoms with Gasteiger partial charge in [-0.15, -0.1) is 11.3 Å². The van der Waals surface area contributed by atoms with E-state index in [0.29, 0.717) is 5.13 Å². The molecule has 2 N–H and O–H groups in total. The molecule has 1 aliphatic rings. The molecule has 0 bridgehead atoms. The molecule has 0 spiro atoms. The van der Waals surface area contributed by atoms with Crippen molar-refractivity contribution in [3.63, 3.8) is 0 Å². The summed E-state index contributed by atoms with van der Waals surface area (Å²) in [5, 5.41) is 14.8. The van der Waals surface area contributed by atoms with Crippen LogP contribution in [-0.4, -0.2) is 44.7 Å². The molecule has 3 heterocycles. The number of likely N-dealkylation sites (tertiary alicyclic amines) is 1. The Kier molecular flexibility index (Phi) is 7.48. The number of carboxylic acid groups (broad SMARTS) is 1. The van der Waals surface area contributed by atoms with E-state index in [9.17, 15) is 31.9 Å². The van der Waals surface area contributed by atoms with E-state index >= 15 is 0 Å². The van der Waals surface area contributed by atoms with Gasteiger partial charge in [-0.05, 0) is 31.0 Å². The number of aliphatic carboxylic acids is 1. The third kappa shape index (κ3) is 5.60. The van der Waals surface area contributed by atoms with E-state index in [-0.39, 0.29) is 35.1 Å². The lowest BCUT2D eigenvalue weighted by molar-refractivity contribution is -0.208. The molecule has 2 aromatic heterocycles. The van der Waals surface area contributed by atoms with Crippen LogP contribution in [0, 0.1) is 17.0 Å². The van der Waals surface area contributed by atoms with E-state index in [2.05, 4.69) is 15.3 Å². The molecule has 1 saturated heterocycles. The maximum atomic E-state index is 14.6. The molecule has 13 heteroatoms. The smallest absolute Gasteiger partial charge is 0.404 e. The maximum Gasteiger partial charge on any atom is 0.404 e. The van der Waals surface area contributed by atoms with Crippen molar-refractivity contribution in [1.29, 1.82) is 0 Å². The first kappa shape index (κ1) is 26.2. The van der Waals surface area contributed by atoms with E-state index in [1.807, 2.05) is 0 Å². The van der Waals surface area contributed by atoms with Crippen molar-refractivity contribution in [3.8, 4) is 0 Å². The Bertz CT molecular complexity index is 1240. The molecule has 0 aliphatic carbocycles. The number of thiazole rings is 1. The molecule has 2 atom stereocenters. The van der Waals surface area contributed by atoms with E-state index in [0.717, 1.165) is 11.0 Å². The standard InChI is InChI=1S/C23H20ClF5N4O2S/c24-14-3-1-2-13(19(14)26)12-33-8-6-22(20(34)35,11-17(33)23(27,28)29)10-16-15(25)4-5-18(31-16)32-21-30-7-9-36-21/h1-5,7,9,17H,6,8,10-12H2,(H,34,35)(H,30,31,32)/t17-,22-/m0/s1. The number of pyridine rings is 1. The minimum Gasteiger partial charge on any atom is -0.481 e. The van der Waals surface area contributed by atoms with Crippen molar-refractivity contribution >= 4 is 39.9 Å². The van der Waals surface area contributed by atoms with E-state index in [1.54, 1.807) is 5.38 Å². The minimum absolute atomic E-state index is 0.0340. The van der Waals surface area contributed by atoms with Crippen molar-refractivity contribution in [2.24, 2.45) is 5.41 Å². The Hall–Kier alpha value is -2.83. The zero-order valence-electron chi connectivity index (χ0n) is 18.5. The summed E-state index contributed by atoms with van der Waals surface area (Å²) in [7, 11) is 0. The number of carboxylic acids is 1. The number of aromatic nitrogens is 2. The van der Waals surface area contributed by atoms with Gasteiger partial charge >= 0.3 is 12.1 Å². The summed E-state index contributed by atoms with van der Waals surface area (Å²) < 4.78 is 71.3. The first-order chi connectivity index (χ1) is 17.0. The number of nitrogens with zero attached hydrogens (tertiary/aromatic N) is 3. The molecule has 0 saturated carbocycles. The fourth-order valence-corrected chi connectivity index (χ4v) is 5.07. The number of rotatable bonds is 7. The van der Waals surface area contributed by atoms with Crippen LogP contribution in [0.4, 0.5) is 32.9 Å². The van der Waals surface area contributed by atoms with Gasteiger partial charge in [-0.25, -0.2) is 18.7 Å². The third-order valence-corrected chi connectivity index (χ3v) is 7.21. The van der Waals surface area contributed by atoms with Crippen molar-refractivity contribution < 1.29 is 31.9 Å².